The first-order valence-electron chi connectivity index (χ1n) is 12.3. The van der Waals surface area contributed by atoms with Gasteiger partial charge in [0.25, 0.3) is 5.91 Å². The fourth-order valence-electron chi connectivity index (χ4n) is 5.11. The quantitative estimate of drug-likeness (QED) is 0.569. The SMILES string of the molecule is CN1CCC(N(C)Cc2c(C(=O)NC3CCCC(O)C3)noc2-c2ccc(C(F)(F)F)c(F)c2)CC1. The van der Waals surface area contributed by atoms with Crippen molar-refractivity contribution in [2.75, 3.05) is 27.2 Å². The molecule has 1 amide bonds. The minimum absolute atomic E-state index is 0.0187. The number of aliphatic hydroxyl groups excluding tert-OH is 1. The van der Waals surface area contributed by atoms with E-state index < -0.39 is 29.6 Å². The molecular weight excluding hydrogens is 480 g/mol. The lowest BCUT2D eigenvalue weighted by molar-refractivity contribution is -0.139. The molecule has 0 bridgehead atoms. The highest BCUT2D eigenvalue weighted by atomic mass is 19.4. The number of hydrogen-bond acceptors (Lipinski definition) is 6. The van der Waals surface area contributed by atoms with Crippen molar-refractivity contribution in [1.82, 2.24) is 20.3 Å². The van der Waals surface area contributed by atoms with E-state index in [0.29, 0.717) is 24.5 Å². The van der Waals surface area contributed by atoms with E-state index in [1.807, 2.05) is 7.05 Å². The molecule has 2 heterocycles. The van der Waals surface area contributed by atoms with Crippen molar-refractivity contribution >= 4 is 5.91 Å². The highest BCUT2D eigenvalue weighted by Crippen LogP contribution is 2.35. The molecule has 0 radical (unpaired) electrons. The number of rotatable bonds is 6. The summed E-state index contributed by atoms with van der Waals surface area (Å²) in [5.41, 5.74) is -0.883. The minimum Gasteiger partial charge on any atom is -0.393 e. The number of carbonyl (C=O) groups excluding carboxylic acids is 1. The normalized spacial score (nSPS) is 22.2. The van der Waals surface area contributed by atoms with Gasteiger partial charge in [0.2, 0.25) is 0 Å². The van der Waals surface area contributed by atoms with Crippen molar-refractivity contribution < 1.29 is 32.0 Å². The van der Waals surface area contributed by atoms with Crippen LogP contribution in [-0.4, -0.2) is 71.3 Å². The van der Waals surface area contributed by atoms with Gasteiger partial charge < -0.3 is 19.8 Å². The summed E-state index contributed by atoms with van der Waals surface area (Å²) in [6.45, 7) is 2.10. The molecule has 2 fully saturated rings. The number of nitrogens with one attached hydrogen (secondary N) is 1. The molecule has 1 saturated carbocycles. The van der Waals surface area contributed by atoms with E-state index in [9.17, 15) is 27.5 Å². The summed E-state index contributed by atoms with van der Waals surface area (Å²) in [4.78, 5) is 17.5. The van der Waals surface area contributed by atoms with Gasteiger partial charge in [-0.3, -0.25) is 9.69 Å². The molecule has 4 rings (SSSR count). The third kappa shape index (κ3) is 6.07. The zero-order chi connectivity index (χ0) is 26.0. The largest absolute Gasteiger partial charge is 0.419 e. The lowest BCUT2D eigenvalue weighted by Crippen LogP contribution is -2.42. The second-order valence-corrected chi connectivity index (χ2v) is 9.97. The van der Waals surface area contributed by atoms with E-state index in [4.69, 9.17) is 4.52 Å². The van der Waals surface area contributed by atoms with Crippen molar-refractivity contribution in [1.29, 1.82) is 0 Å². The molecule has 7 nitrogen and oxygen atoms in total. The smallest absolute Gasteiger partial charge is 0.393 e. The van der Waals surface area contributed by atoms with Gasteiger partial charge in [-0.05, 0) is 77.8 Å². The zero-order valence-corrected chi connectivity index (χ0v) is 20.4. The van der Waals surface area contributed by atoms with Crippen LogP contribution in [-0.2, 0) is 12.7 Å². The second-order valence-electron chi connectivity index (χ2n) is 9.97. The highest BCUT2D eigenvalue weighted by molar-refractivity contribution is 5.95. The number of aromatic nitrogens is 1. The number of nitrogens with zero attached hydrogens (tertiary/aromatic N) is 3. The summed E-state index contributed by atoms with van der Waals surface area (Å²) in [5.74, 6) is -1.84. The van der Waals surface area contributed by atoms with Crippen molar-refractivity contribution in [2.45, 2.75) is 69.4 Å². The van der Waals surface area contributed by atoms with Gasteiger partial charge in [0.1, 0.15) is 5.82 Å². The molecule has 2 unspecified atom stereocenters. The van der Waals surface area contributed by atoms with Gasteiger partial charge in [-0.1, -0.05) is 11.2 Å². The van der Waals surface area contributed by atoms with Crippen molar-refractivity contribution in [2.24, 2.45) is 0 Å². The van der Waals surface area contributed by atoms with Crippen LogP contribution >= 0.6 is 0 Å². The molecule has 1 aliphatic carbocycles. The van der Waals surface area contributed by atoms with Gasteiger partial charge in [0.05, 0.1) is 11.7 Å². The van der Waals surface area contributed by atoms with Gasteiger partial charge in [0, 0.05) is 29.8 Å². The predicted molar refractivity (Wildman–Crippen MR) is 125 cm³/mol. The topological polar surface area (TPSA) is 81.8 Å². The number of likely N-dealkylation sites (tertiary alicyclic amines) is 1. The Morgan fingerprint density at radius 1 is 1.25 bits per heavy atom. The Kier molecular flexibility index (Phi) is 8.01. The van der Waals surface area contributed by atoms with Crippen LogP contribution in [0, 0.1) is 5.82 Å². The van der Waals surface area contributed by atoms with Crippen LogP contribution in [0.15, 0.2) is 22.7 Å². The van der Waals surface area contributed by atoms with E-state index in [-0.39, 0.29) is 35.6 Å². The average Bonchev–Trinajstić information content (AvgIpc) is 3.22. The minimum atomic E-state index is -4.82. The maximum Gasteiger partial charge on any atom is 0.419 e. The summed E-state index contributed by atoms with van der Waals surface area (Å²) < 4.78 is 59.0. The number of halogens is 4. The molecule has 2 N–H and O–H groups in total. The van der Waals surface area contributed by atoms with Crippen LogP contribution in [0.4, 0.5) is 17.6 Å². The van der Waals surface area contributed by atoms with Gasteiger partial charge >= 0.3 is 6.18 Å². The second kappa shape index (κ2) is 10.9. The van der Waals surface area contributed by atoms with Gasteiger partial charge in [-0.15, -0.1) is 0 Å². The average molecular weight is 513 g/mol. The summed E-state index contributed by atoms with van der Waals surface area (Å²) in [7, 11) is 3.97. The molecule has 1 aromatic heterocycles. The summed E-state index contributed by atoms with van der Waals surface area (Å²) in [5, 5.41) is 16.8. The van der Waals surface area contributed by atoms with Crippen LogP contribution in [0.3, 0.4) is 0 Å². The van der Waals surface area contributed by atoms with E-state index in [1.165, 1.54) is 0 Å². The van der Waals surface area contributed by atoms with Crippen molar-refractivity contribution in [3.05, 3.63) is 40.8 Å². The van der Waals surface area contributed by atoms with Crippen LogP contribution in [0.25, 0.3) is 11.3 Å². The monoisotopic (exact) mass is 512 g/mol. The molecular formula is C25H32F4N4O3. The zero-order valence-electron chi connectivity index (χ0n) is 20.4. The summed E-state index contributed by atoms with van der Waals surface area (Å²) >= 11 is 0. The van der Waals surface area contributed by atoms with Crippen molar-refractivity contribution in [3.63, 3.8) is 0 Å². The number of aliphatic hydroxyl groups is 1. The maximum absolute atomic E-state index is 14.4. The van der Waals surface area contributed by atoms with Gasteiger partial charge in [-0.2, -0.15) is 13.2 Å². The Bertz CT molecular complexity index is 1070. The summed E-state index contributed by atoms with van der Waals surface area (Å²) in [6.07, 6.45) is -0.833. The number of amides is 1. The van der Waals surface area contributed by atoms with Crippen molar-refractivity contribution in [3.8, 4) is 11.3 Å². The Morgan fingerprint density at radius 2 is 1.97 bits per heavy atom. The Morgan fingerprint density at radius 3 is 2.61 bits per heavy atom. The van der Waals surface area contributed by atoms with Gasteiger partial charge in [0.15, 0.2) is 11.5 Å². The number of hydrogen-bond donors (Lipinski definition) is 2. The fourth-order valence-corrected chi connectivity index (χ4v) is 5.11. The van der Waals surface area contributed by atoms with Crippen LogP contribution in [0.5, 0.6) is 0 Å². The van der Waals surface area contributed by atoms with E-state index in [1.54, 1.807) is 0 Å². The Hall–Kier alpha value is -2.50. The fraction of sp³-hybridized carbons (Fsp3) is 0.600. The van der Waals surface area contributed by atoms with Crippen LogP contribution in [0.2, 0.25) is 0 Å². The number of carbonyl (C=O) groups is 1. The first-order chi connectivity index (χ1) is 17.0. The maximum atomic E-state index is 14.4. The Balaban J connectivity index is 1.64. The molecule has 2 atom stereocenters. The standard InChI is InChI=1S/C25H32F4N4O3/c1-32-10-8-17(9-11-32)33(2)14-19-22(24(35)30-16-4-3-5-18(34)13-16)31-36-23(19)15-6-7-20(21(26)12-15)25(27,28)29/h6-7,12,16-18,34H,3-5,8-11,13-14H2,1-2H3,(H,30,35). The highest BCUT2D eigenvalue weighted by Gasteiger charge is 2.35. The molecule has 1 aromatic carbocycles. The molecule has 0 spiro atoms. The van der Waals surface area contributed by atoms with Crippen LogP contribution in [0.1, 0.15) is 60.1 Å². The first kappa shape index (κ1) is 26.6. The van der Waals surface area contributed by atoms with E-state index in [2.05, 4.69) is 27.3 Å². The molecule has 1 saturated heterocycles. The molecule has 2 aromatic rings. The lowest BCUT2D eigenvalue weighted by atomic mass is 9.93. The third-order valence-corrected chi connectivity index (χ3v) is 7.24. The molecule has 1 aliphatic heterocycles. The van der Waals surface area contributed by atoms with E-state index in [0.717, 1.165) is 50.9 Å². The third-order valence-electron chi connectivity index (χ3n) is 7.24. The predicted octanol–water partition coefficient (Wildman–Crippen LogP) is 4.06. The molecule has 198 valence electrons. The van der Waals surface area contributed by atoms with E-state index >= 15 is 0 Å². The summed E-state index contributed by atoms with van der Waals surface area (Å²) in [6, 6.07) is 2.58. The first-order valence-corrected chi connectivity index (χ1v) is 12.3. The van der Waals surface area contributed by atoms with Crippen LogP contribution < -0.4 is 5.32 Å². The number of benzene rings is 1. The number of piperidine rings is 1. The molecule has 11 heteroatoms. The lowest BCUT2D eigenvalue weighted by Gasteiger charge is -2.35. The van der Waals surface area contributed by atoms with Gasteiger partial charge in [-0.25, -0.2) is 4.39 Å². The number of alkyl halides is 3. The Labute approximate surface area is 207 Å². The molecule has 2 aliphatic rings. The molecule has 36 heavy (non-hydrogen) atoms.